The van der Waals surface area contributed by atoms with Crippen molar-refractivity contribution in [2.75, 3.05) is 12.9 Å². The monoisotopic (exact) mass is 446 g/mol. The number of nitrogens with zero attached hydrogens (tertiary/aromatic N) is 1. The van der Waals surface area contributed by atoms with Crippen molar-refractivity contribution in [3.05, 3.63) is 69.8 Å². The molecule has 2 atom stereocenters. The minimum Gasteiger partial charge on any atom is -0.464 e. The molecule has 164 valence electrons. The zero-order valence-electron chi connectivity index (χ0n) is 17.2. The first-order valence-corrected chi connectivity index (χ1v) is 10.4. The van der Waals surface area contributed by atoms with Gasteiger partial charge in [0.05, 0.1) is 4.92 Å². The summed E-state index contributed by atoms with van der Waals surface area (Å²) in [7, 11) is 0. The fourth-order valence-corrected chi connectivity index (χ4v) is 3.25. The third kappa shape index (κ3) is 6.82. The molecule has 10 heteroatoms. The molecule has 0 aliphatic heterocycles. The molecule has 0 aliphatic rings. The highest BCUT2D eigenvalue weighted by atomic mass is 32.2. The lowest BCUT2D eigenvalue weighted by atomic mass is 10.0. The lowest BCUT2D eigenvalue weighted by Crippen LogP contribution is -2.44. The zero-order chi connectivity index (χ0) is 23.0. The van der Waals surface area contributed by atoms with Crippen molar-refractivity contribution in [3.8, 4) is 0 Å². The molecule has 9 nitrogen and oxygen atoms in total. The van der Waals surface area contributed by atoms with Gasteiger partial charge >= 0.3 is 11.9 Å². The van der Waals surface area contributed by atoms with Crippen LogP contribution in [-0.4, -0.2) is 41.7 Å². The number of carbonyl (C=O) groups is 3. The number of ether oxygens (including phenoxy) is 2. The number of esters is 2. The van der Waals surface area contributed by atoms with Gasteiger partial charge in [0.15, 0.2) is 6.10 Å². The summed E-state index contributed by atoms with van der Waals surface area (Å²) in [5.41, 5.74) is 0.0206. The number of hydrogen-bond acceptors (Lipinski definition) is 8. The molecular weight excluding hydrogens is 424 g/mol. The summed E-state index contributed by atoms with van der Waals surface area (Å²) >= 11 is 1.53. The molecular formula is C21H22N2O7S. The van der Waals surface area contributed by atoms with Gasteiger partial charge in [-0.15, -0.1) is 11.8 Å². The minimum absolute atomic E-state index is 0.167. The molecule has 0 fully saturated rings. The van der Waals surface area contributed by atoms with Crippen molar-refractivity contribution in [2.45, 2.75) is 30.9 Å². The van der Waals surface area contributed by atoms with Crippen molar-refractivity contribution in [2.24, 2.45) is 0 Å². The Morgan fingerprint density at radius 2 is 1.71 bits per heavy atom. The highest BCUT2D eigenvalue weighted by Crippen LogP contribution is 2.26. The maximum atomic E-state index is 12.8. The third-order valence-corrected chi connectivity index (χ3v) is 4.97. The maximum absolute atomic E-state index is 12.8. The van der Waals surface area contributed by atoms with E-state index in [0.717, 1.165) is 4.90 Å². The van der Waals surface area contributed by atoms with E-state index in [2.05, 4.69) is 5.32 Å². The fraction of sp³-hybridized carbons (Fsp3) is 0.286. The quantitative estimate of drug-likeness (QED) is 0.269. The summed E-state index contributed by atoms with van der Waals surface area (Å²) in [6, 6.07) is 11.6. The molecule has 0 spiro atoms. The Morgan fingerprint density at radius 3 is 2.26 bits per heavy atom. The van der Waals surface area contributed by atoms with Crippen LogP contribution in [0.25, 0.3) is 0 Å². The van der Waals surface area contributed by atoms with Gasteiger partial charge in [-0.05, 0) is 30.0 Å². The van der Waals surface area contributed by atoms with E-state index in [1.165, 1.54) is 49.9 Å². The van der Waals surface area contributed by atoms with Gasteiger partial charge in [-0.25, -0.2) is 0 Å². The number of nitrogens with one attached hydrogen (secondary N) is 1. The molecule has 0 aromatic heterocycles. The van der Waals surface area contributed by atoms with Crippen LogP contribution in [0.3, 0.4) is 0 Å². The topological polar surface area (TPSA) is 125 Å². The van der Waals surface area contributed by atoms with E-state index >= 15 is 0 Å². The smallest absolute Gasteiger partial charge is 0.303 e. The van der Waals surface area contributed by atoms with Crippen molar-refractivity contribution >= 4 is 35.3 Å². The zero-order valence-corrected chi connectivity index (χ0v) is 18.0. The van der Waals surface area contributed by atoms with Crippen LogP contribution in [0.4, 0.5) is 5.69 Å². The van der Waals surface area contributed by atoms with Crippen LogP contribution in [0.5, 0.6) is 0 Å². The summed E-state index contributed by atoms with van der Waals surface area (Å²) in [5.74, 6) is -1.96. The van der Waals surface area contributed by atoms with Gasteiger partial charge in [0, 0.05) is 24.8 Å². The molecule has 1 amide bonds. The van der Waals surface area contributed by atoms with E-state index in [1.807, 2.05) is 18.4 Å². The third-order valence-electron chi connectivity index (χ3n) is 4.23. The van der Waals surface area contributed by atoms with Crippen molar-refractivity contribution < 1.29 is 28.8 Å². The molecule has 0 saturated heterocycles. The van der Waals surface area contributed by atoms with E-state index in [-0.39, 0.29) is 17.9 Å². The Balaban J connectivity index is 2.40. The van der Waals surface area contributed by atoms with Crippen LogP contribution in [0, 0.1) is 10.1 Å². The van der Waals surface area contributed by atoms with Gasteiger partial charge in [-0.3, -0.25) is 24.5 Å². The van der Waals surface area contributed by atoms with Crippen LogP contribution < -0.4 is 5.32 Å². The standard InChI is InChI=1S/C21H22N2O7S/c1-13(24)29-12-18(22-21(26)17-6-4-5-7-19(17)23(27)28)20(30-14(2)25)15-8-10-16(31-3)11-9-15/h4-11,18,20H,12H2,1-3H3,(H,22,26)/t18-,20-/m0/s1. The highest BCUT2D eigenvalue weighted by molar-refractivity contribution is 7.98. The number of hydrogen-bond donors (Lipinski definition) is 1. The van der Waals surface area contributed by atoms with Crippen LogP contribution >= 0.6 is 11.8 Å². The van der Waals surface area contributed by atoms with Gasteiger partial charge in [-0.2, -0.15) is 0 Å². The van der Waals surface area contributed by atoms with Gasteiger partial charge in [0.2, 0.25) is 0 Å². The van der Waals surface area contributed by atoms with E-state index in [9.17, 15) is 24.5 Å². The molecule has 0 saturated carbocycles. The second kappa shape index (κ2) is 11.1. The lowest BCUT2D eigenvalue weighted by Gasteiger charge is -2.27. The molecule has 2 rings (SSSR count). The normalized spacial score (nSPS) is 12.4. The van der Waals surface area contributed by atoms with E-state index in [1.54, 1.807) is 12.1 Å². The molecule has 2 aromatic rings. The van der Waals surface area contributed by atoms with Crippen molar-refractivity contribution in [1.82, 2.24) is 5.32 Å². The molecule has 0 heterocycles. The SMILES string of the molecule is CSc1ccc([C@H](OC(C)=O)[C@H](COC(C)=O)NC(=O)c2ccccc2[N+](=O)[O-])cc1. The van der Waals surface area contributed by atoms with E-state index in [4.69, 9.17) is 9.47 Å². The summed E-state index contributed by atoms with van der Waals surface area (Å²) in [4.78, 5) is 47.6. The van der Waals surface area contributed by atoms with Crippen LogP contribution in [0.1, 0.15) is 35.9 Å². The van der Waals surface area contributed by atoms with Crippen LogP contribution in [0.15, 0.2) is 53.4 Å². The molecule has 2 aromatic carbocycles. The second-order valence-corrected chi connectivity index (χ2v) is 7.34. The number of nitro groups is 1. The van der Waals surface area contributed by atoms with Gasteiger partial charge in [0.25, 0.3) is 11.6 Å². The minimum atomic E-state index is -0.987. The predicted molar refractivity (Wildman–Crippen MR) is 114 cm³/mol. The number of benzene rings is 2. The van der Waals surface area contributed by atoms with Crippen molar-refractivity contribution in [3.63, 3.8) is 0 Å². The van der Waals surface area contributed by atoms with Gasteiger partial charge in [0.1, 0.15) is 18.2 Å². The number of carbonyl (C=O) groups excluding carboxylic acids is 3. The lowest BCUT2D eigenvalue weighted by molar-refractivity contribution is -0.385. The molecule has 1 N–H and O–H groups in total. The molecule has 0 bridgehead atoms. The number of para-hydroxylation sites is 1. The Morgan fingerprint density at radius 1 is 1.06 bits per heavy atom. The Hall–Kier alpha value is -3.40. The fourth-order valence-electron chi connectivity index (χ4n) is 2.84. The summed E-state index contributed by atoms with van der Waals surface area (Å²) in [6.07, 6.45) is 0.925. The van der Waals surface area contributed by atoms with E-state index in [0.29, 0.717) is 5.56 Å². The first kappa shape index (κ1) is 23.9. The first-order valence-electron chi connectivity index (χ1n) is 9.21. The average molecular weight is 446 g/mol. The van der Waals surface area contributed by atoms with Crippen LogP contribution in [-0.2, 0) is 19.1 Å². The van der Waals surface area contributed by atoms with Crippen molar-refractivity contribution in [1.29, 1.82) is 0 Å². The Labute approximate surface area is 183 Å². The highest BCUT2D eigenvalue weighted by Gasteiger charge is 2.31. The second-order valence-electron chi connectivity index (χ2n) is 6.46. The average Bonchev–Trinajstić information content (AvgIpc) is 2.74. The first-order chi connectivity index (χ1) is 14.7. The van der Waals surface area contributed by atoms with Crippen LogP contribution in [0.2, 0.25) is 0 Å². The molecule has 0 aliphatic carbocycles. The number of amides is 1. The number of thioether (sulfide) groups is 1. The summed E-state index contributed by atoms with van der Waals surface area (Å²) in [5, 5.41) is 13.9. The van der Waals surface area contributed by atoms with Gasteiger partial charge < -0.3 is 14.8 Å². The Kier molecular flexibility index (Phi) is 8.56. The number of nitro benzene ring substituents is 1. The van der Waals surface area contributed by atoms with E-state index < -0.39 is 34.9 Å². The summed E-state index contributed by atoms with van der Waals surface area (Å²) < 4.78 is 10.5. The summed E-state index contributed by atoms with van der Waals surface area (Å²) in [6.45, 7) is 2.12. The maximum Gasteiger partial charge on any atom is 0.303 e. The predicted octanol–water partition coefficient (Wildman–Crippen LogP) is 3.28. The Bertz CT molecular complexity index is 962. The molecule has 0 unspecified atom stereocenters. The largest absolute Gasteiger partial charge is 0.464 e. The molecule has 31 heavy (non-hydrogen) atoms. The molecule has 0 radical (unpaired) electrons. The number of rotatable bonds is 9. The van der Waals surface area contributed by atoms with Gasteiger partial charge in [-0.1, -0.05) is 24.3 Å².